The van der Waals surface area contributed by atoms with Gasteiger partial charge in [0.2, 0.25) is 0 Å². The van der Waals surface area contributed by atoms with Gasteiger partial charge in [0.15, 0.2) is 6.10 Å². The lowest BCUT2D eigenvalue weighted by Gasteiger charge is -2.21. The Bertz CT molecular complexity index is 2650. The number of phosphoric ester groups is 2. The Morgan fingerprint density at radius 1 is 0.261 bits per heavy atom. The van der Waals surface area contributed by atoms with Crippen LogP contribution in [0.1, 0.15) is 355 Å². The molecule has 0 saturated heterocycles. The van der Waals surface area contributed by atoms with Crippen LogP contribution in [0.2, 0.25) is 0 Å². The molecule has 0 fully saturated rings. The summed E-state index contributed by atoms with van der Waals surface area (Å²) in [7, 11) is -9.81. The molecule has 5 atom stereocenters. The molecular formula is C93H158O16P2. The molecule has 0 rings (SSSR count). The van der Waals surface area contributed by atoms with Crippen LogP contribution in [0.25, 0.3) is 0 Å². The Balaban J connectivity index is 4.45. The molecule has 18 heteroatoms. The number of phosphoric acid groups is 2. The lowest BCUT2D eigenvalue weighted by atomic mass is 10.0. The summed E-state index contributed by atoms with van der Waals surface area (Å²) < 4.78 is 61.3. The van der Waals surface area contributed by atoms with Gasteiger partial charge >= 0.3 is 33.6 Å². The van der Waals surface area contributed by atoms with E-state index in [2.05, 4.69) is 179 Å². The summed E-state index contributed by atoms with van der Waals surface area (Å²) in [6.45, 7) is 2.41. The van der Waals surface area contributed by atoms with Gasteiger partial charge in [0, 0.05) is 19.3 Å². The molecule has 0 aliphatic carbocycles. The second-order valence-corrected chi connectivity index (χ2v) is 31.8. The average Bonchev–Trinajstić information content (AvgIpc) is 0.904. The molecule has 111 heavy (non-hydrogen) atoms. The molecule has 0 aromatic heterocycles. The molecule has 5 unspecified atom stereocenters. The van der Waals surface area contributed by atoms with Gasteiger partial charge in [-0.2, -0.15) is 0 Å². The smallest absolute Gasteiger partial charge is 0.463 e. The minimum Gasteiger partial charge on any atom is -0.463 e. The second-order valence-electron chi connectivity index (χ2n) is 28.9. The molecule has 0 saturated carbocycles. The summed E-state index contributed by atoms with van der Waals surface area (Å²) in [4.78, 5) is 58.8. The molecule has 0 amide bonds. The Morgan fingerprint density at radius 3 is 0.757 bits per heavy atom. The lowest BCUT2D eigenvalue weighted by Crippen LogP contribution is -2.30. The van der Waals surface area contributed by atoms with Crippen LogP contribution in [0.15, 0.2) is 158 Å². The number of hydrogen-bond donors (Lipinski definition) is 4. The molecule has 0 aliphatic heterocycles. The van der Waals surface area contributed by atoms with Crippen LogP contribution in [0, 0.1) is 0 Å². The zero-order valence-corrected chi connectivity index (χ0v) is 71.6. The maximum atomic E-state index is 13.0. The zero-order valence-electron chi connectivity index (χ0n) is 69.8. The van der Waals surface area contributed by atoms with E-state index in [1.807, 2.05) is 0 Å². The van der Waals surface area contributed by atoms with E-state index in [0.29, 0.717) is 19.3 Å². The maximum absolute atomic E-state index is 13.0. The minimum absolute atomic E-state index is 0.0771. The fourth-order valence-corrected chi connectivity index (χ4v) is 13.2. The van der Waals surface area contributed by atoms with E-state index in [9.17, 15) is 43.5 Å². The van der Waals surface area contributed by atoms with Crippen molar-refractivity contribution in [2.24, 2.45) is 0 Å². The van der Waals surface area contributed by atoms with Crippen LogP contribution in [-0.4, -0.2) is 95.9 Å². The number of allylic oxidation sites excluding steroid dienone is 26. The van der Waals surface area contributed by atoms with Crippen molar-refractivity contribution in [2.45, 2.75) is 373 Å². The molecule has 0 bridgehead atoms. The number of carbonyl (C=O) groups is 3. The molecule has 0 aromatic carbocycles. The summed E-state index contributed by atoms with van der Waals surface area (Å²) in [5.41, 5.74) is 0. The second kappa shape index (κ2) is 84.6. The highest BCUT2D eigenvalue weighted by Crippen LogP contribution is 2.45. The van der Waals surface area contributed by atoms with Crippen molar-refractivity contribution >= 4 is 33.6 Å². The van der Waals surface area contributed by atoms with Crippen LogP contribution in [0.5, 0.6) is 0 Å². The van der Waals surface area contributed by atoms with Gasteiger partial charge in [-0.15, -0.1) is 0 Å². The summed E-state index contributed by atoms with van der Waals surface area (Å²) in [5, 5.41) is 20.7. The minimum atomic E-state index is -4.95. The maximum Gasteiger partial charge on any atom is 0.472 e. The molecule has 0 heterocycles. The Morgan fingerprint density at radius 2 is 0.477 bits per heavy atom. The molecule has 636 valence electrons. The molecule has 0 radical (unpaired) electrons. The van der Waals surface area contributed by atoms with Crippen LogP contribution >= 0.6 is 15.6 Å². The molecule has 0 aromatic rings. The quantitative estimate of drug-likeness (QED) is 0.0146. The highest BCUT2D eigenvalue weighted by Gasteiger charge is 2.29. The van der Waals surface area contributed by atoms with E-state index >= 15 is 0 Å². The van der Waals surface area contributed by atoms with E-state index in [0.717, 1.165) is 167 Å². The van der Waals surface area contributed by atoms with Crippen molar-refractivity contribution in [3.63, 3.8) is 0 Å². The van der Waals surface area contributed by atoms with E-state index in [1.165, 1.54) is 128 Å². The standard InChI is InChI=1S/C93H158O16P2/c1-4-7-10-13-16-19-22-25-28-30-32-34-36-38-39-40-41-42-43-44-45-46-47-49-51-52-54-56-59-61-64-67-70-73-76-79-91(96)103-82-88(94)83-105-110(99,100)106-84-89(95)85-107-111(101,102)108-87-90(109-93(98)81-78-75-72-69-66-63-58-27-24-21-18-15-12-9-6-3)86-104-92(97)80-77-74-71-68-65-62-60-57-55-53-50-48-37-35-33-31-29-26-23-20-17-14-11-8-5-2/h8-9,11-12,16-21,25-29,32-35,38-39,48,50,55,57-58,88-90,94-95H,4-7,10,13-15,22-24,30-31,36-37,40-47,49,51-54,56,59-87H2,1-3H3,(H,99,100)(H,101,102)/b11-8-,12-9-,19-16-,20-17-,21-18-,28-25-,29-26-,34-32-,35-33-,39-38-,50-48-,57-55-,58-27-. The van der Waals surface area contributed by atoms with Gasteiger partial charge in [0.1, 0.15) is 25.4 Å². The first-order chi connectivity index (χ1) is 54.2. The summed E-state index contributed by atoms with van der Waals surface area (Å²) in [6.07, 6.45) is 107. The number of carbonyl (C=O) groups excluding carboxylic acids is 3. The third-order valence-corrected chi connectivity index (χ3v) is 20.1. The van der Waals surface area contributed by atoms with Gasteiger partial charge in [-0.3, -0.25) is 32.5 Å². The number of rotatable bonds is 82. The zero-order chi connectivity index (χ0) is 80.8. The third-order valence-electron chi connectivity index (χ3n) is 18.2. The van der Waals surface area contributed by atoms with Gasteiger partial charge in [-0.1, -0.05) is 346 Å². The summed E-state index contributed by atoms with van der Waals surface area (Å²) in [5.74, 6) is -1.61. The SMILES string of the molecule is CC/C=C\C/C=C\C/C=C\C/C=C\C/C=C\C/C=C\CCCCCCCCC(=O)OCC(COP(=O)(O)OCC(O)COP(=O)(O)OCC(O)COC(=O)CCCCCCCCCCCCCCCCCCCCC/C=C\C/C=C\C/C=C\C/C=C\CCCCC)OC(=O)CCCCCCC/C=C\C/C=C\C/C=C\CC. The van der Waals surface area contributed by atoms with Crippen molar-refractivity contribution in [1.82, 2.24) is 0 Å². The topological polar surface area (TPSA) is 231 Å². The van der Waals surface area contributed by atoms with Crippen molar-refractivity contribution in [2.75, 3.05) is 39.6 Å². The number of esters is 3. The Labute approximate surface area is 676 Å². The van der Waals surface area contributed by atoms with Gasteiger partial charge in [-0.25, -0.2) is 9.13 Å². The largest absolute Gasteiger partial charge is 0.472 e. The van der Waals surface area contributed by atoms with E-state index in [4.69, 9.17) is 32.3 Å². The number of hydrogen-bond acceptors (Lipinski definition) is 14. The van der Waals surface area contributed by atoms with E-state index in [1.54, 1.807) is 0 Å². The third kappa shape index (κ3) is 85.9. The van der Waals surface area contributed by atoms with Crippen molar-refractivity contribution in [3.05, 3.63) is 158 Å². The van der Waals surface area contributed by atoms with Crippen molar-refractivity contribution in [3.8, 4) is 0 Å². The lowest BCUT2D eigenvalue weighted by molar-refractivity contribution is -0.161. The molecule has 4 N–H and O–H groups in total. The predicted octanol–water partition coefficient (Wildman–Crippen LogP) is 26.5. The Hall–Kier alpha value is -4.83. The molecule has 0 spiro atoms. The van der Waals surface area contributed by atoms with Crippen LogP contribution in [-0.2, 0) is 55.8 Å². The first-order valence-corrected chi connectivity index (χ1v) is 46.8. The number of aliphatic hydroxyl groups is 2. The van der Waals surface area contributed by atoms with E-state index in [-0.39, 0.29) is 19.3 Å². The van der Waals surface area contributed by atoms with Crippen molar-refractivity contribution < 1.29 is 75.8 Å². The normalized spacial score (nSPS) is 14.6. The van der Waals surface area contributed by atoms with Gasteiger partial charge in [-0.05, 0) is 148 Å². The predicted molar refractivity (Wildman–Crippen MR) is 463 cm³/mol. The number of aliphatic hydroxyl groups excluding tert-OH is 2. The Kier molecular flexibility index (Phi) is 80.9. The fraction of sp³-hybridized carbons (Fsp3) is 0.688. The first-order valence-electron chi connectivity index (χ1n) is 43.8. The average molecular weight is 1590 g/mol. The van der Waals surface area contributed by atoms with Crippen LogP contribution in [0.3, 0.4) is 0 Å². The number of unbranched alkanes of at least 4 members (excludes halogenated alkanes) is 33. The van der Waals surface area contributed by atoms with Gasteiger partial charge in [0.25, 0.3) is 0 Å². The number of ether oxygens (including phenoxy) is 3. The van der Waals surface area contributed by atoms with E-state index < -0.39 is 91.5 Å². The van der Waals surface area contributed by atoms with Crippen LogP contribution in [0.4, 0.5) is 0 Å². The van der Waals surface area contributed by atoms with Crippen LogP contribution < -0.4 is 0 Å². The molecule has 16 nitrogen and oxygen atoms in total. The monoisotopic (exact) mass is 1590 g/mol. The summed E-state index contributed by atoms with van der Waals surface area (Å²) >= 11 is 0. The fourth-order valence-electron chi connectivity index (χ4n) is 11.6. The van der Waals surface area contributed by atoms with Gasteiger partial charge < -0.3 is 34.2 Å². The first kappa shape index (κ1) is 106. The van der Waals surface area contributed by atoms with Gasteiger partial charge in [0.05, 0.1) is 26.4 Å². The van der Waals surface area contributed by atoms with Crippen molar-refractivity contribution in [1.29, 1.82) is 0 Å². The molecule has 0 aliphatic rings. The summed E-state index contributed by atoms with van der Waals surface area (Å²) in [6, 6.07) is 0. The molecular weight excluding hydrogens is 1430 g/mol. The highest BCUT2D eigenvalue weighted by molar-refractivity contribution is 7.47. The highest BCUT2D eigenvalue weighted by atomic mass is 31.2.